The minimum atomic E-state index is -0.579. The summed E-state index contributed by atoms with van der Waals surface area (Å²) in [7, 11) is 3.66. The Morgan fingerprint density at radius 3 is 1.67 bits per heavy atom. The molecule has 7 rings (SSSR count). The molecule has 4 heterocycles. The number of para-hydroxylation sites is 2. The van der Waals surface area contributed by atoms with Gasteiger partial charge in [-0.05, 0) is 57.9 Å². The topological polar surface area (TPSA) is 62.5 Å². The molecule has 2 aromatic carbocycles. The molecular formula is C30H30N2O4. The van der Waals surface area contributed by atoms with E-state index in [4.69, 9.17) is 9.47 Å². The van der Waals surface area contributed by atoms with E-state index in [1.807, 2.05) is 62.6 Å². The van der Waals surface area contributed by atoms with Crippen LogP contribution in [-0.4, -0.2) is 20.3 Å². The lowest BCUT2D eigenvalue weighted by Gasteiger charge is -2.57. The Hall–Kier alpha value is -3.54. The van der Waals surface area contributed by atoms with E-state index in [0.29, 0.717) is 17.9 Å². The quantitative estimate of drug-likeness (QED) is 0.354. The second kappa shape index (κ2) is 6.81. The average Bonchev–Trinajstić information content (AvgIpc) is 2.84. The van der Waals surface area contributed by atoms with E-state index >= 15 is 0 Å². The highest BCUT2D eigenvalue weighted by Gasteiger charge is 2.59. The fraction of sp³-hybridized carbons (Fsp3) is 0.400. The van der Waals surface area contributed by atoms with E-state index in [1.165, 1.54) is 0 Å². The summed E-state index contributed by atoms with van der Waals surface area (Å²) in [6.07, 6.45) is 1.43. The molecule has 1 aliphatic carbocycles. The molecule has 1 fully saturated rings. The predicted octanol–water partition coefficient (Wildman–Crippen LogP) is 4.99. The van der Waals surface area contributed by atoms with Crippen LogP contribution < -0.4 is 20.6 Å². The van der Waals surface area contributed by atoms with Gasteiger partial charge in [0, 0.05) is 42.6 Å². The first-order chi connectivity index (χ1) is 17.1. The minimum absolute atomic E-state index is 0.0237. The highest BCUT2D eigenvalue weighted by molar-refractivity contribution is 5.88. The summed E-state index contributed by atoms with van der Waals surface area (Å²) in [5.74, 6) is 1.19. The van der Waals surface area contributed by atoms with Crippen LogP contribution in [0.4, 0.5) is 0 Å². The molecule has 0 amide bonds. The highest BCUT2D eigenvalue weighted by atomic mass is 16.5. The molecular weight excluding hydrogens is 452 g/mol. The van der Waals surface area contributed by atoms with Crippen LogP contribution >= 0.6 is 0 Å². The van der Waals surface area contributed by atoms with Crippen LogP contribution in [-0.2, 0) is 14.1 Å². The number of nitrogens with zero attached hydrogens (tertiary/aromatic N) is 2. The monoisotopic (exact) mass is 482 g/mol. The number of ether oxygens (including phenoxy) is 2. The SMILES string of the molecule is Cn1c(=O)c2c(c3ccccc31)OC(C)(C)[C@H]1[C@@H]2C[C@]2(C)C[C@@H]1c1c(c3ccccc3n(C)c1=O)O2. The summed E-state index contributed by atoms with van der Waals surface area (Å²) in [6, 6.07) is 15.9. The van der Waals surface area contributed by atoms with Gasteiger partial charge in [-0.25, -0.2) is 0 Å². The lowest BCUT2D eigenvalue weighted by molar-refractivity contribution is -0.0798. The van der Waals surface area contributed by atoms with Crippen LogP contribution in [0.25, 0.3) is 21.8 Å². The van der Waals surface area contributed by atoms with Gasteiger partial charge in [0.15, 0.2) is 0 Å². The van der Waals surface area contributed by atoms with Crippen molar-refractivity contribution >= 4 is 21.8 Å². The van der Waals surface area contributed by atoms with Gasteiger partial charge in [-0.2, -0.15) is 0 Å². The molecule has 2 aromatic heterocycles. The van der Waals surface area contributed by atoms with Crippen LogP contribution in [0.5, 0.6) is 11.5 Å². The molecule has 0 saturated heterocycles. The van der Waals surface area contributed by atoms with Gasteiger partial charge in [-0.1, -0.05) is 24.3 Å². The normalized spacial score (nSPS) is 27.5. The number of pyridine rings is 2. The van der Waals surface area contributed by atoms with Crippen molar-refractivity contribution in [3.63, 3.8) is 0 Å². The van der Waals surface area contributed by atoms with Crippen molar-refractivity contribution in [2.45, 2.75) is 56.7 Å². The van der Waals surface area contributed by atoms with Gasteiger partial charge in [0.1, 0.15) is 22.7 Å². The average molecular weight is 483 g/mol. The number of fused-ring (bicyclic) bond motifs is 12. The van der Waals surface area contributed by atoms with E-state index in [-0.39, 0.29) is 28.9 Å². The van der Waals surface area contributed by atoms with Gasteiger partial charge in [-0.15, -0.1) is 0 Å². The van der Waals surface area contributed by atoms with Crippen molar-refractivity contribution in [2.24, 2.45) is 20.0 Å². The van der Waals surface area contributed by atoms with E-state index in [9.17, 15) is 9.59 Å². The Labute approximate surface area is 209 Å². The van der Waals surface area contributed by atoms with Crippen molar-refractivity contribution in [1.29, 1.82) is 0 Å². The zero-order valence-corrected chi connectivity index (χ0v) is 21.3. The Kier molecular flexibility index (Phi) is 4.11. The lowest BCUT2D eigenvalue weighted by atomic mass is 9.56. The van der Waals surface area contributed by atoms with Gasteiger partial charge in [0.05, 0.1) is 22.2 Å². The van der Waals surface area contributed by atoms with Crippen LogP contribution in [0.15, 0.2) is 58.1 Å². The summed E-state index contributed by atoms with van der Waals surface area (Å²) in [5.41, 5.74) is 2.06. The van der Waals surface area contributed by atoms with Crippen molar-refractivity contribution in [2.75, 3.05) is 0 Å². The third kappa shape index (κ3) is 2.62. The van der Waals surface area contributed by atoms with Crippen molar-refractivity contribution in [3.8, 4) is 11.5 Å². The number of rotatable bonds is 0. The van der Waals surface area contributed by atoms with Crippen LogP contribution in [0.1, 0.15) is 56.6 Å². The maximum atomic E-state index is 13.8. The zero-order valence-electron chi connectivity index (χ0n) is 21.3. The number of benzene rings is 2. The molecule has 6 nitrogen and oxygen atoms in total. The summed E-state index contributed by atoms with van der Waals surface area (Å²) >= 11 is 0. The Morgan fingerprint density at radius 2 is 1.17 bits per heavy atom. The number of aryl methyl sites for hydroxylation is 2. The zero-order chi connectivity index (χ0) is 25.1. The Bertz CT molecular complexity index is 1630. The Morgan fingerprint density at radius 1 is 0.722 bits per heavy atom. The van der Waals surface area contributed by atoms with Gasteiger partial charge < -0.3 is 18.6 Å². The number of hydrogen-bond acceptors (Lipinski definition) is 4. The lowest BCUT2D eigenvalue weighted by Crippen LogP contribution is -2.58. The Balaban J connectivity index is 1.54. The van der Waals surface area contributed by atoms with Crippen molar-refractivity contribution in [1.82, 2.24) is 9.13 Å². The van der Waals surface area contributed by atoms with Crippen molar-refractivity contribution in [3.05, 3.63) is 80.4 Å². The maximum absolute atomic E-state index is 13.8. The van der Waals surface area contributed by atoms with Crippen LogP contribution in [0.2, 0.25) is 0 Å². The van der Waals surface area contributed by atoms with E-state index in [2.05, 4.69) is 20.8 Å². The first kappa shape index (κ1) is 21.7. The van der Waals surface area contributed by atoms with E-state index in [0.717, 1.165) is 39.4 Å². The van der Waals surface area contributed by atoms with Gasteiger partial charge in [-0.3, -0.25) is 9.59 Å². The molecule has 184 valence electrons. The molecule has 4 aromatic rings. The molecule has 36 heavy (non-hydrogen) atoms. The van der Waals surface area contributed by atoms with Crippen LogP contribution in [0.3, 0.4) is 0 Å². The van der Waals surface area contributed by atoms with Gasteiger partial charge in [0.25, 0.3) is 11.1 Å². The van der Waals surface area contributed by atoms with Gasteiger partial charge in [0.2, 0.25) is 0 Å². The van der Waals surface area contributed by atoms with E-state index < -0.39 is 11.2 Å². The molecule has 0 spiro atoms. The second-order valence-corrected chi connectivity index (χ2v) is 11.7. The molecule has 6 heteroatoms. The van der Waals surface area contributed by atoms with Crippen LogP contribution in [0, 0.1) is 5.92 Å². The summed E-state index contributed by atoms with van der Waals surface area (Å²) < 4.78 is 17.0. The summed E-state index contributed by atoms with van der Waals surface area (Å²) in [5, 5.41) is 1.91. The summed E-state index contributed by atoms with van der Waals surface area (Å²) in [6.45, 7) is 6.37. The van der Waals surface area contributed by atoms with Gasteiger partial charge >= 0.3 is 0 Å². The highest BCUT2D eigenvalue weighted by Crippen LogP contribution is 2.62. The summed E-state index contributed by atoms with van der Waals surface area (Å²) in [4.78, 5) is 27.7. The smallest absolute Gasteiger partial charge is 0.258 e. The maximum Gasteiger partial charge on any atom is 0.258 e. The molecule has 4 atom stereocenters. The molecule has 0 radical (unpaired) electrons. The van der Waals surface area contributed by atoms with E-state index in [1.54, 1.807) is 9.13 Å². The minimum Gasteiger partial charge on any atom is -0.486 e. The first-order valence-corrected chi connectivity index (χ1v) is 12.7. The molecule has 3 aliphatic rings. The predicted molar refractivity (Wildman–Crippen MR) is 140 cm³/mol. The first-order valence-electron chi connectivity index (χ1n) is 12.7. The standard InChI is InChI=1S/C30H30N2O4/c1-29(2)24-18(22-25(35-29)16-10-6-8-12-20(16)31(4)27(22)33)14-30(3)15-19(24)23-26(36-30)17-11-7-9-13-21(17)32(5)28(23)34/h6-13,18-19,24H,14-15H2,1-5H3/t18-,19-,24+,30-/m1/s1. The largest absolute Gasteiger partial charge is 0.486 e. The number of hydrogen-bond donors (Lipinski definition) is 0. The fourth-order valence-electron chi connectivity index (χ4n) is 7.60. The number of aromatic nitrogens is 2. The molecule has 0 unspecified atom stereocenters. The second-order valence-electron chi connectivity index (χ2n) is 11.7. The van der Waals surface area contributed by atoms with Crippen molar-refractivity contribution < 1.29 is 9.47 Å². The molecule has 2 bridgehead atoms. The molecule has 1 saturated carbocycles. The molecule has 0 N–H and O–H groups in total. The molecule has 2 aliphatic heterocycles. The third-order valence-corrected chi connectivity index (χ3v) is 9.01. The fourth-order valence-corrected chi connectivity index (χ4v) is 7.60. The third-order valence-electron chi connectivity index (χ3n) is 9.01.